The van der Waals surface area contributed by atoms with Gasteiger partial charge in [-0.15, -0.1) is 0 Å². The van der Waals surface area contributed by atoms with Crippen LogP contribution in [0.4, 0.5) is 0 Å². The van der Waals surface area contributed by atoms with Gasteiger partial charge in [-0.2, -0.15) is 0 Å². The Hall–Kier alpha value is -0.830. The van der Waals surface area contributed by atoms with E-state index in [9.17, 15) is 4.79 Å². The number of amides is 1. The van der Waals surface area contributed by atoms with E-state index in [1.165, 1.54) is 49.7 Å². The number of rotatable bonds is 4. The first-order valence-electron chi connectivity index (χ1n) is 9.40. The lowest BCUT2D eigenvalue weighted by atomic mass is 9.48. The first kappa shape index (κ1) is 16.6. The average Bonchev–Trinajstić information content (AvgIpc) is 2.43. The number of benzene rings is 1. The maximum absolute atomic E-state index is 12.8. The predicted octanol–water partition coefficient (Wildman–Crippen LogP) is 5.30. The molecule has 1 amide bonds. The van der Waals surface area contributed by atoms with Gasteiger partial charge in [-0.1, -0.05) is 40.2 Å². The molecule has 4 aliphatic rings. The van der Waals surface area contributed by atoms with E-state index in [0.29, 0.717) is 10.7 Å². The summed E-state index contributed by atoms with van der Waals surface area (Å²) in [5.41, 5.74) is 2.73. The molecule has 0 saturated heterocycles. The summed E-state index contributed by atoms with van der Waals surface area (Å²) in [6, 6.07) is 8.44. The maximum Gasteiger partial charge on any atom is 0.221 e. The molecule has 4 saturated carbocycles. The van der Waals surface area contributed by atoms with Gasteiger partial charge >= 0.3 is 0 Å². The van der Waals surface area contributed by atoms with Crippen LogP contribution in [-0.4, -0.2) is 10.2 Å². The molecule has 2 nitrogen and oxygen atoms in total. The van der Waals surface area contributed by atoms with E-state index < -0.39 is 0 Å². The summed E-state index contributed by atoms with van der Waals surface area (Å²) in [5, 5.41) is 3.27. The van der Waals surface area contributed by atoms with Crippen molar-refractivity contribution in [1.29, 1.82) is 0 Å². The summed E-state index contributed by atoms with van der Waals surface area (Å²) >= 11 is 4.05. The molecule has 4 aliphatic carbocycles. The molecule has 4 bridgehead atoms. The van der Waals surface area contributed by atoms with Gasteiger partial charge < -0.3 is 5.32 Å². The maximum atomic E-state index is 12.8. The largest absolute Gasteiger partial charge is 0.350 e. The van der Waals surface area contributed by atoms with Crippen LogP contribution in [0.3, 0.4) is 0 Å². The third-order valence-corrected chi connectivity index (χ3v) is 7.61. The Labute approximate surface area is 153 Å². The lowest BCUT2D eigenvalue weighted by Crippen LogP contribution is -2.54. The monoisotopic (exact) mass is 389 g/mol. The SMILES string of the molecule is Cc1ccccc1C(C)NC(=O)CC12CC3CC(CC(Br)(C3)C1)C2. The zero-order chi connectivity index (χ0) is 16.9. The zero-order valence-corrected chi connectivity index (χ0v) is 16.4. The summed E-state index contributed by atoms with van der Waals surface area (Å²) in [4.78, 5) is 12.8. The van der Waals surface area contributed by atoms with Gasteiger partial charge in [-0.3, -0.25) is 4.79 Å². The van der Waals surface area contributed by atoms with Crippen LogP contribution >= 0.6 is 15.9 Å². The molecule has 1 N–H and O–H groups in total. The van der Waals surface area contributed by atoms with E-state index in [2.05, 4.69) is 59.4 Å². The van der Waals surface area contributed by atoms with Crippen LogP contribution in [0.1, 0.15) is 69.0 Å². The quantitative estimate of drug-likeness (QED) is 0.695. The van der Waals surface area contributed by atoms with Crippen LogP contribution in [0, 0.1) is 24.2 Å². The topological polar surface area (TPSA) is 29.1 Å². The highest BCUT2D eigenvalue weighted by molar-refractivity contribution is 9.10. The lowest BCUT2D eigenvalue weighted by molar-refractivity contribution is -0.128. The molecule has 3 heteroatoms. The molecule has 0 spiro atoms. The third kappa shape index (κ3) is 3.05. The minimum Gasteiger partial charge on any atom is -0.350 e. The molecule has 24 heavy (non-hydrogen) atoms. The summed E-state index contributed by atoms with van der Waals surface area (Å²) in [7, 11) is 0. The van der Waals surface area contributed by atoms with Crippen molar-refractivity contribution in [2.45, 2.75) is 69.2 Å². The molecule has 4 fully saturated rings. The second-order valence-electron chi connectivity index (χ2n) is 8.93. The highest BCUT2D eigenvalue weighted by Crippen LogP contribution is 2.65. The zero-order valence-electron chi connectivity index (χ0n) is 14.8. The van der Waals surface area contributed by atoms with Crippen LogP contribution in [-0.2, 0) is 4.79 Å². The molecular formula is C21H28BrNO. The Morgan fingerprint density at radius 2 is 1.92 bits per heavy atom. The van der Waals surface area contributed by atoms with Crippen molar-refractivity contribution < 1.29 is 4.79 Å². The Morgan fingerprint density at radius 3 is 2.54 bits per heavy atom. The molecule has 1 aromatic carbocycles. The van der Waals surface area contributed by atoms with Crippen LogP contribution in [0.5, 0.6) is 0 Å². The third-order valence-electron chi connectivity index (χ3n) is 6.68. The first-order chi connectivity index (χ1) is 11.4. The summed E-state index contributed by atoms with van der Waals surface area (Å²) in [6.45, 7) is 4.22. The van der Waals surface area contributed by atoms with Gasteiger partial charge in [0.25, 0.3) is 0 Å². The fraction of sp³-hybridized carbons (Fsp3) is 0.667. The van der Waals surface area contributed by atoms with E-state index >= 15 is 0 Å². The van der Waals surface area contributed by atoms with Crippen molar-refractivity contribution in [2.24, 2.45) is 17.3 Å². The number of hydrogen-bond donors (Lipinski definition) is 1. The molecule has 130 valence electrons. The van der Waals surface area contributed by atoms with E-state index in [0.717, 1.165) is 11.8 Å². The van der Waals surface area contributed by atoms with Gasteiger partial charge in [0.15, 0.2) is 0 Å². The second kappa shape index (κ2) is 5.86. The number of hydrogen-bond acceptors (Lipinski definition) is 1. The van der Waals surface area contributed by atoms with Crippen molar-refractivity contribution in [2.75, 3.05) is 0 Å². The highest BCUT2D eigenvalue weighted by atomic mass is 79.9. The van der Waals surface area contributed by atoms with Crippen LogP contribution in [0.15, 0.2) is 24.3 Å². The Bertz CT molecular complexity index is 641. The average molecular weight is 390 g/mol. The van der Waals surface area contributed by atoms with Gasteiger partial charge in [0.2, 0.25) is 5.91 Å². The smallest absolute Gasteiger partial charge is 0.221 e. The molecule has 0 heterocycles. The van der Waals surface area contributed by atoms with Gasteiger partial charge in [-0.25, -0.2) is 0 Å². The van der Waals surface area contributed by atoms with Crippen LogP contribution in [0.2, 0.25) is 0 Å². The number of nitrogens with one attached hydrogen (secondary N) is 1. The highest BCUT2D eigenvalue weighted by Gasteiger charge is 2.57. The van der Waals surface area contributed by atoms with E-state index in [1.807, 2.05) is 0 Å². The minimum absolute atomic E-state index is 0.0885. The summed E-state index contributed by atoms with van der Waals surface area (Å²) in [6.07, 6.45) is 8.49. The number of aryl methyl sites for hydroxylation is 1. The molecule has 0 radical (unpaired) electrons. The molecule has 3 unspecified atom stereocenters. The van der Waals surface area contributed by atoms with Gasteiger partial charge in [0, 0.05) is 10.7 Å². The molecule has 3 atom stereocenters. The van der Waals surface area contributed by atoms with Crippen LogP contribution in [0.25, 0.3) is 0 Å². The van der Waals surface area contributed by atoms with Crippen molar-refractivity contribution in [1.82, 2.24) is 5.32 Å². The summed E-state index contributed by atoms with van der Waals surface area (Å²) < 4.78 is 0.332. The van der Waals surface area contributed by atoms with Crippen molar-refractivity contribution in [3.8, 4) is 0 Å². The summed E-state index contributed by atoms with van der Waals surface area (Å²) in [5.74, 6) is 1.92. The minimum atomic E-state index is 0.0885. The molecule has 5 rings (SSSR count). The Balaban J connectivity index is 1.44. The number of alkyl halides is 1. The number of carbonyl (C=O) groups excluding carboxylic acids is 1. The first-order valence-corrected chi connectivity index (χ1v) is 10.2. The fourth-order valence-electron chi connectivity index (χ4n) is 6.33. The normalized spacial score (nSPS) is 38.1. The van der Waals surface area contributed by atoms with Crippen molar-refractivity contribution >= 4 is 21.8 Å². The van der Waals surface area contributed by atoms with E-state index in [1.54, 1.807) is 0 Å². The lowest BCUT2D eigenvalue weighted by Gasteiger charge is -2.60. The standard InChI is InChI=1S/C21H28BrNO/c1-14-5-3-4-6-18(14)15(2)23-19(24)12-20-8-16-7-17(9-20)11-21(22,10-16)13-20/h3-6,15-17H,7-13H2,1-2H3,(H,23,24). The second-order valence-corrected chi connectivity index (χ2v) is 10.6. The number of halogens is 1. The van der Waals surface area contributed by atoms with Gasteiger partial charge in [0.1, 0.15) is 0 Å². The molecular weight excluding hydrogens is 362 g/mol. The van der Waals surface area contributed by atoms with Crippen molar-refractivity contribution in [3.63, 3.8) is 0 Å². The predicted molar refractivity (Wildman–Crippen MR) is 101 cm³/mol. The molecule has 0 aliphatic heterocycles. The Morgan fingerprint density at radius 1 is 1.25 bits per heavy atom. The number of carbonyl (C=O) groups is 1. The molecule has 0 aromatic heterocycles. The van der Waals surface area contributed by atoms with Crippen molar-refractivity contribution in [3.05, 3.63) is 35.4 Å². The Kier molecular flexibility index (Phi) is 4.06. The van der Waals surface area contributed by atoms with Gasteiger partial charge in [-0.05, 0) is 80.8 Å². The van der Waals surface area contributed by atoms with Crippen LogP contribution < -0.4 is 5.32 Å². The van der Waals surface area contributed by atoms with E-state index in [-0.39, 0.29) is 17.4 Å². The van der Waals surface area contributed by atoms with Gasteiger partial charge in [0.05, 0.1) is 6.04 Å². The van der Waals surface area contributed by atoms with E-state index in [4.69, 9.17) is 0 Å². The molecule has 1 aromatic rings. The fourth-order valence-corrected chi connectivity index (χ4v) is 7.84.